The van der Waals surface area contributed by atoms with Crippen molar-refractivity contribution in [1.29, 1.82) is 0 Å². The van der Waals surface area contributed by atoms with Gasteiger partial charge in [0.1, 0.15) is 5.78 Å². The third-order valence-corrected chi connectivity index (χ3v) is 6.37. The molecule has 0 bridgehead atoms. The Bertz CT molecular complexity index is 1090. The molecule has 3 nitrogen and oxygen atoms in total. The van der Waals surface area contributed by atoms with Crippen LogP contribution in [0, 0.1) is 13.8 Å². The van der Waals surface area contributed by atoms with E-state index in [9.17, 15) is 4.79 Å². The number of carbonyl (C=O) groups excluding carboxylic acids is 1. The third-order valence-electron chi connectivity index (χ3n) is 6.37. The van der Waals surface area contributed by atoms with Crippen molar-refractivity contribution in [3.05, 3.63) is 82.9 Å². The highest BCUT2D eigenvalue weighted by Crippen LogP contribution is 2.51. The topological polar surface area (TPSA) is 35.5 Å². The lowest BCUT2D eigenvalue weighted by Crippen LogP contribution is -2.23. The van der Waals surface area contributed by atoms with E-state index < -0.39 is 0 Å². The van der Waals surface area contributed by atoms with Crippen molar-refractivity contribution in [1.82, 2.24) is 0 Å². The van der Waals surface area contributed by atoms with Gasteiger partial charge in [0, 0.05) is 6.42 Å². The molecule has 1 fully saturated rings. The number of benzene rings is 3. The lowest BCUT2D eigenvalue weighted by atomic mass is 9.85. The van der Waals surface area contributed by atoms with Crippen LogP contribution < -0.4 is 9.47 Å². The molecule has 1 heterocycles. The summed E-state index contributed by atoms with van der Waals surface area (Å²) in [5.74, 6) is 1.80. The maximum atomic E-state index is 13.4. The maximum Gasteiger partial charge on any atom is 0.231 e. The fourth-order valence-electron chi connectivity index (χ4n) is 4.31. The van der Waals surface area contributed by atoms with Gasteiger partial charge in [-0.2, -0.15) is 0 Å². The zero-order valence-electron chi connectivity index (χ0n) is 16.8. The third kappa shape index (κ3) is 3.11. The highest BCUT2D eigenvalue weighted by atomic mass is 16.7. The smallest absolute Gasteiger partial charge is 0.231 e. The van der Waals surface area contributed by atoms with Gasteiger partial charge in [-0.1, -0.05) is 54.1 Å². The van der Waals surface area contributed by atoms with E-state index in [1.165, 1.54) is 22.3 Å². The zero-order valence-corrected chi connectivity index (χ0v) is 16.8. The second kappa shape index (κ2) is 6.77. The van der Waals surface area contributed by atoms with Crippen LogP contribution in [-0.2, 0) is 16.6 Å². The van der Waals surface area contributed by atoms with Gasteiger partial charge >= 0.3 is 0 Å². The summed E-state index contributed by atoms with van der Waals surface area (Å²) >= 11 is 0. The molecule has 3 heteroatoms. The summed E-state index contributed by atoms with van der Waals surface area (Å²) in [6, 6.07) is 20.8. The lowest BCUT2D eigenvalue weighted by Gasteiger charge is -2.17. The van der Waals surface area contributed by atoms with Gasteiger partial charge in [-0.05, 0) is 66.6 Å². The van der Waals surface area contributed by atoms with Crippen LogP contribution in [0.25, 0.3) is 11.1 Å². The first-order valence-electron chi connectivity index (χ1n) is 10.2. The monoisotopic (exact) mass is 384 g/mol. The first-order chi connectivity index (χ1) is 14.1. The fraction of sp³-hybridized carbons (Fsp3) is 0.269. The molecule has 0 N–H and O–H groups in total. The van der Waals surface area contributed by atoms with Crippen LogP contribution >= 0.6 is 0 Å². The maximum absolute atomic E-state index is 13.4. The molecule has 29 heavy (non-hydrogen) atoms. The summed E-state index contributed by atoms with van der Waals surface area (Å²) in [7, 11) is 0. The van der Waals surface area contributed by atoms with Gasteiger partial charge in [0.05, 0.1) is 5.41 Å². The minimum atomic E-state index is -0.368. The van der Waals surface area contributed by atoms with Crippen LogP contribution in [0.15, 0.2) is 60.7 Å². The fourth-order valence-corrected chi connectivity index (χ4v) is 4.31. The average molecular weight is 384 g/mol. The molecular formula is C26H24O3. The number of aryl methyl sites for hydroxylation is 1. The lowest BCUT2D eigenvalue weighted by molar-refractivity contribution is -0.120. The van der Waals surface area contributed by atoms with Crippen LogP contribution in [0.4, 0.5) is 0 Å². The zero-order chi connectivity index (χ0) is 20.0. The first-order valence-corrected chi connectivity index (χ1v) is 10.2. The number of fused-ring (bicyclic) bond motifs is 1. The van der Waals surface area contributed by atoms with Crippen molar-refractivity contribution < 1.29 is 14.3 Å². The van der Waals surface area contributed by atoms with Crippen molar-refractivity contribution in [2.24, 2.45) is 0 Å². The van der Waals surface area contributed by atoms with E-state index in [2.05, 4.69) is 56.3 Å². The van der Waals surface area contributed by atoms with E-state index in [0.29, 0.717) is 12.2 Å². The second-order valence-corrected chi connectivity index (χ2v) is 8.21. The molecule has 5 rings (SSSR count). The van der Waals surface area contributed by atoms with Gasteiger partial charge in [0.25, 0.3) is 0 Å². The Morgan fingerprint density at radius 2 is 1.69 bits per heavy atom. The van der Waals surface area contributed by atoms with Gasteiger partial charge in [0.2, 0.25) is 6.79 Å². The summed E-state index contributed by atoms with van der Waals surface area (Å²) < 4.78 is 10.9. The van der Waals surface area contributed by atoms with Gasteiger partial charge in [-0.3, -0.25) is 4.79 Å². The Kier molecular flexibility index (Phi) is 4.20. The molecule has 0 aromatic heterocycles. The molecule has 0 radical (unpaired) electrons. The molecule has 0 spiro atoms. The summed E-state index contributed by atoms with van der Waals surface area (Å²) in [6.45, 7) is 4.47. The number of carbonyl (C=O) groups is 1. The van der Waals surface area contributed by atoms with Gasteiger partial charge in [0.15, 0.2) is 11.5 Å². The normalized spacial score (nSPS) is 15.9. The molecular weight excluding hydrogens is 360 g/mol. The molecule has 146 valence electrons. The van der Waals surface area contributed by atoms with E-state index in [4.69, 9.17) is 9.47 Å². The molecule has 1 saturated carbocycles. The predicted octanol–water partition coefficient (Wildman–Crippen LogP) is 5.54. The van der Waals surface area contributed by atoms with Crippen LogP contribution in [0.2, 0.25) is 0 Å². The number of ether oxygens (including phenoxy) is 2. The summed E-state index contributed by atoms with van der Waals surface area (Å²) in [5, 5.41) is 0. The van der Waals surface area contributed by atoms with E-state index in [-0.39, 0.29) is 12.2 Å². The summed E-state index contributed by atoms with van der Waals surface area (Å²) in [6.07, 6.45) is 2.27. The Labute approximate surface area is 171 Å². The minimum absolute atomic E-state index is 0.255. The van der Waals surface area contributed by atoms with Gasteiger partial charge in [-0.15, -0.1) is 0 Å². The summed E-state index contributed by atoms with van der Waals surface area (Å²) in [4.78, 5) is 13.4. The molecule has 1 aliphatic carbocycles. The number of hydrogen-bond donors (Lipinski definition) is 0. The molecule has 0 amide bonds. The Balaban J connectivity index is 1.42. The van der Waals surface area contributed by atoms with Crippen molar-refractivity contribution in [2.75, 3.05) is 6.79 Å². The molecule has 2 aliphatic rings. The van der Waals surface area contributed by atoms with Crippen molar-refractivity contribution in [3.63, 3.8) is 0 Å². The second-order valence-electron chi connectivity index (χ2n) is 8.21. The molecule has 3 aromatic rings. The minimum Gasteiger partial charge on any atom is -0.454 e. The van der Waals surface area contributed by atoms with Gasteiger partial charge in [-0.25, -0.2) is 0 Å². The standard InChI is InChI=1S/C26H24O3/c1-17-6-8-19(9-7-17)22-5-3-4-20(18(22)2)14-25(27)26(12-13-26)21-10-11-23-24(15-21)29-16-28-23/h3-11,15H,12-14,16H2,1-2H3. The van der Waals surface area contributed by atoms with Crippen molar-refractivity contribution in [2.45, 2.75) is 38.5 Å². The van der Waals surface area contributed by atoms with Gasteiger partial charge < -0.3 is 9.47 Å². The first kappa shape index (κ1) is 18.0. The molecule has 3 aromatic carbocycles. The quantitative estimate of drug-likeness (QED) is 0.579. The largest absolute Gasteiger partial charge is 0.454 e. The van der Waals surface area contributed by atoms with E-state index in [1.54, 1.807) is 0 Å². The Hall–Kier alpha value is -3.07. The average Bonchev–Trinajstić information content (AvgIpc) is 3.41. The van der Waals surface area contributed by atoms with Crippen LogP contribution in [0.5, 0.6) is 11.5 Å². The highest BCUT2D eigenvalue weighted by molar-refractivity contribution is 5.95. The number of ketones is 1. The Morgan fingerprint density at radius 3 is 2.45 bits per heavy atom. The predicted molar refractivity (Wildman–Crippen MR) is 114 cm³/mol. The van der Waals surface area contributed by atoms with E-state index in [1.807, 2.05) is 18.2 Å². The Morgan fingerprint density at radius 1 is 0.931 bits per heavy atom. The molecule has 1 aliphatic heterocycles. The van der Waals surface area contributed by atoms with E-state index in [0.717, 1.165) is 35.5 Å². The molecule has 0 atom stereocenters. The molecule has 0 unspecified atom stereocenters. The summed E-state index contributed by atoms with van der Waals surface area (Å²) in [5.41, 5.74) is 6.62. The van der Waals surface area contributed by atoms with Crippen LogP contribution in [0.1, 0.15) is 35.1 Å². The number of Topliss-reactive ketones (excluding diaryl/α,β-unsaturated/α-hetero) is 1. The van der Waals surface area contributed by atoms with E-state index >= 15 is 0 Å². The van der Waals surface area contributed by atoms with Crippen molar-refractivity contribution >= 4 is 5.78 Å². The number of rotatable bonds is 5. The van der Waals surface area contributed by atoms with Crippen LogP contribution in [-0.4, -0.2) is 12.6 Å². The SMILES string of the molecule is Cc1ccc(-c2cccc(CC(=O)C3(c4ccc5c(c4)OCO5)CC3)c2C)cc1. The van der Waals surface area contributed by atoms with Crippen molar-refractivity contribution in [3.8, 4) is 22.6 Å². The highest BCUT2D eigenvalue weighted by Gasteiger charge is 2.50. The number of hydrogen-bond acceptors (Lipinski definition) is 3. The van der Waals surface area contributed by atoms with Crippen LogP contribution in [0.3, 0.4) is 0 Å². The molecule has 0 saturated heterocycles.